The highest BCUT2D eigenvalue weighted by Gasteiger charge is 2.04. The third-order valence-electron chi connectivity index (χ3n) is 2.47. The molecule has 0 radical (unpaired) electrons. The van der Waals surface area contributed by atoms with Gasteiger partial charge in [-0.2, -0.15) is 0 Å². The van der Waals surface area contributed by atoms with Crippen LogP contribution in [-0.2, 0) is 6.42 Å². The van der Waals surface area contributed by atoms with Gasteiger partial charge in [0.15, 0.2) is 6.29 Å². The van der Waals surface area contributed by atoms with E-state index < -0.39 is 0 Å². The molecule has 16 heavy (non-hydrogen) atoms. The Morgan fingerprint density at radius 2 is 2.06 bits per heavy atom. The second kappa shape index (κ2) is 4.66. The lowest BCUT2D eigenvalue weighted by molar-refractivity contribution is 0.111. The Morgan fingerprint density at radius 1 is 1.25 bits per heavy atom. The summed E-state index contributed by atoms with van der Waals surface area (Å²) in [6.45, 7) is 0. The Kier molecular flexibility index (Phi) is 3.05. The van der Waals surface area contributed by atoms with Gasteiger partial charge in [-0.3, -0.25) is 4.79 Å². The second-order valence-electron chi connectivity index (χ2n) is 3.55. The molecule has 0 spiro atoms. The van der Waals surface area contributed by atoms with Gasteiger partial charge in [0, 0.05) is 12.1 Å². The second-order valence-corrected chi connectivity index (χ2v) is 3.55. The molecule has 2 rings (SSSR count). The summed E-state index contributed by atoms with van der Waals surface area (Å²) in [7, 11) is 1.66. The molecule has 82 valence electrons. The van der Waals surface area contributed by atoms with Crippen molar-refractivity contribution in [3.63, 3.8) is 0 Å². The third kappa shape index (κ3) is 2.14. The van der Waals surface area contributed by atoms with Crippen LogP contribution in [0.25, 0.3) is 0 Å². The summed E-state index contributed by atoms with van der Waals surface area (Å²) in [5.41, 5.74) is 2.71. The van der Waals surface area contributed by atoms with E-state index in [-0.39, 0.29) is 0 Å². The number of aromatic nitrogens is 1. The molecule has 0 aliphatic carbocycles. The van der Waals surface area contributed by atoms with E-state index in [1.807, 2.05) is 30.3 Å². The van der Waals surface area contributed by atoms with Crippen LogP contribution < -0.4 is 4.74 Å². The number of aromatic amines is 1. The van der Waals surface area contributed by atoms with Gasteiger partial charge in [-0.15, -0.1) is 0 Å². The first kappa shape index (κ1) is 10.5. The van der Waals surface area contributed by atoms with E-state index in [1.54, 1.807) is 13.2 Å². The lowest BCUT2D eigenvalue weighted by Crippen LogP contribution is -1.94. The van der Waals surface area contributed by atoms with Crippen molar-refractivity contribution in [3.05, 3.63) is 53.3 Å². The van der Waals surface area contributed by atoms with E-state index >= 15 is 0 Å². The van der Waals surface area contributed by atoms with Crippen LogP contribution in [0, 0.1) is 0 Å². The van der Waals surface area contributed by atoms with E-state index in [0.29, 0.717) is 5.69 Å². The molecular weight excluding hydrogens is 202 g/mol. The molecule has 1 aromatic carbocycles. The lowest BCUT2D eigenvalue weighted by atomic mass is 10.1. The number of rotatable bonds is 4. The highest BCUT2D eigenvalue weighted by atomic mass is 16.5. The van der Waals surface area contributed by atoms with Crippen molar-refractivity contribution in [2.75, 3.05) is 7.11 Å². The monoisotopic (exact) mass is 215 g/mol. The van der Waals surface area contributed by atoms with Crippen LogP contribution in [0.3, 0.4) is 0 Å². The molecular formula is C13H13NO2. The number of aldehydes is 1. The number of H-pyrrole nitrogens is 1. The Bertz CT molecular complexity index is 488. The van der Waals surface area contributed by atoms with E-state index in [9.17, 15) is 4.79 Å². The minimum atomic E-state index is 0.602. The lowest BCUT2D eigenvalue weighted by Gasteiger charge is -2.06. The molecule has 0 bridgehead atoms. The van der Waals surface area contributed by atoms with Crippen LogP contribution in [0.2, 0.25) is 0 Å². The van der Waals surface area contributed by atoms with Crippen LogP contribution >= 0.6 is 0 Å². The molecule has 3 nitrogen and oxygen atoms in total. The third-order valence-corrected chi connectivity index (χ3v) is 2.47. The topological polar surface area (TPSA) is 42.1 Å². The summed E-state index contributed by atoms with van der Waals surface area (Å²) in [4.78, 5) is 13.6. The summed E-state index contributed by atoms with van der Waals surface area (Å²) in [5.74, 6) is 0.866. The number of hydrogen-bond acceptors (Lipinski definition) is 2. The van der Waals surface area contributed by atoms with E-state index in [1.165, 1.54) is 0 Å². The fourth-order valence-electron chi connectivity index (χ4n) is 1.69. The molecule has 0 saturated heterocycles. The molecule has 0 fully saturated rings. The SMILES string of the molecule is COc1ccccc1Cc1ccc(C=O)[nH]1. The fraction of sp³-hybridized carbons (Fsp3) is 0.154. The largest absolute Gasteiger partial charge is 0.496 e. The number of ether oxygens (including phenoxy) is 1. The Hall–Kier alpha value is -2.03. The quantitative estimate of drug-likeness (QED) is 0.796. The van der Waals surface area contributed by atoms with Crippen molar-refractivity contribution in [3.8, 4) is 5.75 Å². The molecule has 0 unspecified atom stereocenters. The predicted octanol–water partition coefficient (Wildman–Crippen LogP) is 2.43. The zero-order chi connectivity index (χ0) is 11.4. The van der Waals surface area contributed by atoms with Gasteiger partial charge in [0.1, 0.15) is 5.75 Å². The van der Waals surface area contributed by atoms with Crippen molar-refractivity contribution >= 4 is 6.29 Å². The molecule has 2 aromatic rings. The van der Waals surface area contributed by atoms with Gasteiger partial charge in [-0.25, -0.2) is 0 Å². The van der Waals surface area contributed by atoms with Crippen LogP contribution in [0.1, 0.15) is 21.7 Å². The van der Waals surface area contributed by atoms with Crippen molar-refractivity contribution in [1.29, 1.82) is 0 Å². The Balaban J connectivity index is 2.22. The van der Waals surface area contributed by atoms with Gasteiger partial charge < -0.3 is 9.72 Å². The van der Waals surface area contributed by atoms with Crippen LogP contribution in [-0.4, -0.2) is 18.4 Å². The van der Waals surface area contributed by atoms with Crippen LogP contribution in [0.15, 0.2) is 36.4 Å². The van der Waals surface area contributed by atoms with E-state index in [0.717, 1.165) is 29.7 Å². The van der Waals surface area contributed by atoms with Gasteiger partial charge in [0.2, 0.25) is 0 Å². The Morgan fingerprint density at radius 3 is 2.75 bits per heavy atom. The van der Waals surface area contributed by atoms with Crippen molar-refractivity contribution < 1.29 is 9.53 Å². The fourth-order valence-corrected chi connectivity index (χ4v) is 1.69. The summed E-state index contributed by atoms with van der Waals surface area (Å²) in [6.07, 6.45) is 1.55. The van der Waals surface area contributed by atoms with Crippen molar-refractivity contribution in [1.82, 2.24) is 4.98 Å². The zero-order valence-corrected chi connectivity index (χ0v) is 9.07. The van der Waals surface area contributed by atoms with E-state index in [2.05, 4.69) is 4.98 Å². The standard InChI is InChI=1S/C13H13NO2/c1-16-13-5-3-2-4-10(13)8-11-6-7-12(9-15)14-11/h2-7,9,14H,8H2,1H3. The number of benzene rings is 1. The molecule has 0 saturated carbocycles. The van der Waals surface area contributed by atoms with Crippen LogP contribution in [0.5, 0.6) is 5.75 Å². The number of carbonyl (C=O) groups is 1. The number of para-hydroxylation sites is 1. The van der Waals surface area contributed by atoms with E-state index in [4.69, 9.17) is 4.74 Å². The molecule has 0 atom stereocenters. The first-order valence-corrected chi connectivity index (χ1v) is 5.08. The number of methoxy groups -OCH3 is 1. The Labute approximate surface area is 94.1 Å². The van der Waals surface area contributed by atoms with Crippen LogP contribution in [0.4, 0.5) is 0 Å². The first-order chi connectivity index (χ1) is 7.83. The average molecular weight is 215 g/mol. The summed E-state index contributed by atoms with van der Waals surface area (Å²) in [5, 5.41) is 0. The zero-order valence-electron chi connectivity index (χ0n) is 9.07. The van der Waals surface area contributed by atoms with Gasteiger partial charge in [-0.05, 0) is 23.8 Å². The number of carbonyl (C=O) groups excluding carboxylic acids is 1. The molecule has 1 heterocycles. The van der Waals surface area contributed by atoms with Gasteiger partial charge >= 0.3 is 0 Å². The maximum Gasteiger partial charge on any atom is 0.166 e. The highest BCUT2D eigenvalue weighted by Crippen LogP contribution is 2.20. The molecule has 0 aliphatic heterocycles. The number of hydrogen-bond donors (Lipinski definition) is 1. The molecule has 1 N–H and O–H groups in total. The van der Waals surface area contributed by atoms with Crippen molar-refractivity contribution in [2.24, 2.45) is 0 Å². The summed E-state index contributed by atoms with van der Waals surface area (Å²) < 4.78 is 5.27. The smallest absolute Gasteiger partial charge is 0.166 e. The molecule has 0 aliphatic rings. The minimum absolute atomic E-state index is 0.602. The molecule has 3 heteroatoms. The maximum absolute atomic E-state index is 10.5. The van der Waals surface area contributed by atoms with Gasteiger partial charge in [0.05, 0.1) is 12.8 Å². The normalized spacial score (nSPS) is 10.1. The minimum Gasteiger partial charge on any atom is -0.496 e. The maximum atomic E-state index is 10.5. The summed E-state index contributed by atoms with van der Waals surface area (Å²) in [6, 6.07) is 11.5. The first-order valence-electron chi connectivity index (χ1n) is 5.08. The van der Waals surface area contributed by atoms with Gasteiger partial charge in [0.25, 0.3) is 0 Å². The highest BCUT2D eigenvalue weighted by molar-refractivity contribution is 5.72. The summed E-state index contributed by atoms with van der Waals surface area (Å²) >= 11 is 0. The number of nitrogens with one attached hydrogen (secondary N) is 1. The van der Waals surface area contributed by atoms with Crippen molar-refractivity contribution in [2.45, 2.75) is 6.42 Å². The predicted molar refractivity (Wildman–Crippen MR) is 62.0 cm³/mol. The molecule has 1 aromatic heterocycles. The molecule has 0 amide bonds. The van der Waals surface area contributed by atoms with Gasteiger partial charge in [-0.1, -0.05) is 18.2 Å². The average Bonchev–Trinajstić information content (AvgIpc) is 2.77.